The molecule has 5 rings (SSSR count). The zero-order chi connectivity index (χ0) is 24.4. The second-order valence-corrected chi connectivity index (χ2v) is 10.1. The van der Waals surface area contributed by atoms with Crippen molar-refractivity contribution in [2.75, 3.05) is 18.0 Å². The first-order valence-corrected chi connectivity index (χ1v) is 13.0. The van der Waals surface area contributed by atoms with E-state index in [9.17, 15) is 4.79 Å². The van der Waals surface area contributed by atoms with Crippen molar-refractivity contribution in [1.29, 1.82) is 0 Å². The molecule has 1 saturated heterocycles. The molecule has 8 heteroatoms. The lowest BCUT2D eigenvalue weighted by molar-refractivity contribution is -0.00446. The fourth-order valence-corrected chi connectivity index (χ4v) is 5.25. The van der Waals surface area contributed by atoms with E-state index in [-0.39, 0.29) is 18.1 Å². The maximum atomic E-state index is 13.0. The Morgan fingerprint density at radius 1 is 1.14 bits per heavy atom. The number of fused-ring (bicyclic) bond motifs is 1. The number of halogens is 2. The van der Waals surface area contributed by atoms with Gasteiger partial charge in [0.1, 0.15) is 11.3 Å². The van der Waals surface area contributed by atoms with E-state index in [0.29, 0.717) is 23.7 Å². The summed E-state index contributed by atoms with van der Waals surface area (Å²) in [5.41, 5.74) is 4.25. The third-order valence-electron chi connectivity index (χ3n) is 6.80. The number of carbonyl (C=O) groups is 1. The second-order valence-electron chi connectivity index (χ2n) is 9.23. The van der Waals surface area contributed by atoms with Crippen LogP contribution in [-0.4, -0.2) is 40.6 Å². The topological polar surface area (TPSA) is 58.9 Å². The SMILES string of the molecule is CCc1nc2ccc(Cl)cn2c1C(=O)NCc1ccc(N2CC[C@@H](OC3CC=C(Cl)CC3)C2)cc1. The number of hydrogen-bond acceptors (Lipinski definition) is 4. The number of rotatable bonds is 7. The molecule has 0 bridgehead atoms. The minimum atomic E-state index is -0.154. The Bertz CT molecular complexity index is 1240. The number of amides is 1. The van der Waals surface area contributed by atoms with Gasteiger partial charge >= 0.3 is 0 Å². The molecule has 0 spiro atoms. The van der Waals surface area contributed by atoms with E-state index >= 15 is 0 Å². The molecule has 0 radical (unpaired) electrons. The third-order valence-corrected chi connectivity index (χ3v) is 7.36. The summed E-state index contributed by atoms with van der Waals surface area (Å²) in [7, 11) is 0. The summed E-state index contributed by atoms with van der Waals surface area (Å²) in [6.07, 6.45) is 8.92. The maximum absolute atomic E-state index is 13.0. The van der Waals surface area contributed by atoms with Gasteiger partial charge in [-0.2, -0.15) is 0 Å². The number of nitrogens with zero attached hydrogens (tertiary/aromatic N) is 3. The fourth-order valence-electron chi connectivity index (χ4n) is 4.89. The number of anilines is 1. The van der Waals surface area contributed by atoms with Crippen molar-refractivity contribution >= 4 is 40.4 Å². The van der Waals surface area contributed by atoms with Crippen LogP contribution in [-0.2, 0) is 17.7 Å². The third kappa shape index (κ3) is 5.50. The molecule has 2 aliphatic rings. The first-order valence-electron chi connectivity index (χ1n) is 12.3. The van der Waals surface area contributed by atoms with E-state index in [4.69, 9.17) is 27.9 Å². The van der Waals surface area contributed by atoms with Crippen molar-refractivity contribution in [1.82, 2.24) is 14.7 Å². The normalized spacial score (nSPS) is 20.3. The van der Waals surface area contributed by atoms with Crippen molar-refractivity contribution in [3.8, 4) is 0 Å². The zero-order valence-corrected chi connectivity index (χ0v) is 21.4. The number of carbonyl (C=O) groups excluding carboxylic acids is 1. The van der Waals surface area contributed by atoms with E-state index in [1.54, 1.807) is 16.7 Å². The molecule has 2 aromatic heterocycles. The van der Waals surface area contributed by atoms with E-state index in [0.717, 1.165) is 60.7 Å². The summed E-state index contributed by atoms with van der Waals surface area (Å²) in [6.45, 7) is 4.33. The van der Waals surface area contributed by atoms with Gasteiger partial charge in [-0.25, -0.2) is 4.98 Å². The molecule has 3 heterocycles. The van der Waals surface area contributed by atoms with E-state index < -0.39 is 0 Å². The Balaban J connectivity index is 1.17. The molecular formula is C27H30Cl2N4O2. The van der Waals surface area contributed by atoms with Crippen LogP contribution in [0.1, 0.15) is 54.4 Å². The van der Waals surface area contributed by atoms with Gasteiger partial charge in [-0.05, 0) is 61.9 Å². The van der Waals surface area contributed by atoms with Crippen LogP contribution < -0.4 is 10.2 Å². The minimum absolute atomic E-state index is 0.154. The van der Waals surface area contributed by atoms with E-state index in [1.165, 1.54) is 5.69 Å². The van der Waals surface area contributed by atoms with Gasteiger partial charge in [-0.1, -0.05) is 48.3 Å². The highest BCUT2D eigenvalue weighted by Crippen LogP contribution is 2.28. The highest BCUT2D eigenvalue weighted by molar-refractivity contribution is 6.30. The largest absolute Gasteiger partial charge is 0.373 e. The lowest BCUT2D eigenvalue weighted by Gasteiger charge is -2.24. The lowest BCUT2D eigenvalue weighted by Crippen LogP contribution is -2.27. The van der Waals surface area contributed by atoms with Crippen LogP contribution in [0.15, 0.2) is 53.7 Å². The molecule has 1 N–H and O–H groups in total. The number of imidazole rings is 1. The zero-order valence-electron chi connectivity index (χ0n) is 19.8. The van der Waals surface area contributed by atoms with Crippen LogP contribution in [0.4, 0.5) is 5.69 Å². The molecule has 3 aromatic rings. The molecule has 6 nitrogen and oxygen atoms in total. The molecule has 1 unspecified atom stereocenters. The van der Waals surface area contributed by atoms with Gasteiger partial charge in [0.15, 0.2) is 0 Å². The Kier molecular flexibility index (Phi) is 7.32. The summed E-state index contributed by atoms with van der Waals surface area (Å²) in [5.74, 6) is -0.154. The fraction of sp³-hybridized carbons (Fsp3) is 0.407. The van der Waals surface area contributed by atoms with E-state index in [2.05, 4.69) is 45.5 Å². The van der Waals surface area contributed by atoms with Crippen LogP contribution in [0.2, 0.25) is 5.02 Å². The number of pyridine rings is 1. The number of hydrogen-bond donors (Lipinski definition) is 1. The van der Waals surface area contributed by atoms with Gasteiger partial charge in [-0.15, -0.1) is 0 Å². The Morgan fingerprint density at radius 2 is 1.97 bits per heavy atom. The van der Waals surface area contributed by atoms with Crippen LogP contribution in [0, 0.1) is 0 Å². The average molecular weight is 513 g/mol. The summed E-state index contributed by atoms with van der Waals surface area (Å²) in [4.78, 5) is 20.0. The lowest BCUT2D eigenvalue weighted by atomic mass is 10.0. The predicted octanol–water partition coefficient (Wildman–Crippen LogP) is 5.75. The average Bonchev–Trinajstić information content (AvgIpc) is 3.48. The molecule has 1 aliphatic heterocycles. The summed E-state index contributed by atoms with van der Waals surface area (Å²) in [5, 5.41) is 4.57. The minimum Gasteiger partial charge on any atom is -0.373 e. The molecule has 2 atom stereocenters. The summed E-state index contributed by atoms with van der Waals surface area (Å²) in [6, 6.07) is 12.0. The monoisotopic (exact) mass is 512 g/mol. The Labute approximate surface area is 215 Å². The summed E-state index contributed by atoms with van der Waals surface area (Å²) >= 11 is 12.2. The van der Waals surface area contributed by atoms with Crippen molar-refractivity contribution in [3.05, 3.63) is 75.7 Å². The Morgan fingerprint density at radius 3 is 2.71 bits per heavy atom. The molecule has 0 saturated carbocycles. The van der Waals surface area contributed by atoms with Crippen LogP contribution >= 0.6 is 23.2 Å². The van der Waals surface area contributed by atoms with E-state index in [1.807, 2.05) is 13.0 Å². The van der Waals surface area contributed by atoms with Crippen LogP contribution in [0.3, 0.4) is 0 Å². The summed E-state index contributed by atoms with van der Waals surface area (Å²) < 4.78 is 8.09. The van der Waals surface area contributed by atoms with Gasteiger partial charge < -0.3 is 15.0 Å². The number of nitrogens with one attached hydrogen (secondary N) is 1. The first-order chi connectivity index (χ1) is 17.0. The standard InChI is InChI=1S/C27H30Cl2N4O2/c1-2-24-26(33-16-20(29)7-12-25(33)31-24)27(34)30-15-18-3-8-21(9-4-18)32-14-13-23(17-32)35-22-10-5-19(28)6-11-22/h3-5,7-9,12,16,22-23H,2,6,10-11,13-15,17H2,1H3,(H,30,34)/t22?,23-/m1/s1. The second kappa shape index (κ2) is 10.6. The molecule has 35 heavy (non-hydrogen) atoms. The Hall–Kier alpha value is -2.54. The first kappa shape index (κ1) is 24.2. The molecule has 1 fully saturated rings. The van der Waals surface area contributed by atoms with Crippen molar-refractivity contribution in [3.63, 3.8) is 0 Å². The van der Waals surface area contributed by atoms with Gasteiger partial charge in [0.05, 0.1) is 22.9 Å². The van der Waals surface area contributed by atoms with Gasteiger partial charge in [-0.3, -0.25) is 9.20 Å². The number of aromatic nitrogens is 2. The number of allylic oxidation sites excluding steroid dienone is 1. The molecule has 1 aromatic carbocycles. The highest BCUT2D eigenvalue weighted by atomic mass is 35.5. The van der Waals surface area contributed by atoms with Crippen molar-refractivity contribution < 1.29 is 9.53 Å². The predicted molar refractivity (Wildman–Crippen MR) is 140 cm³/mol. The van der Waals surface area contributed by atoms with Gasteiger partial charge in [0.2, 0.25) is 0 Å². The van der Waals surface area contributed by atoms with Crippen LogP contribution in [0.25, 0.3) is 5.65 Å². The maximum Gasteiger partial charge on any atom is 0.270 e. The smallest absolute Gasteiger partial charge is 0.270 e. The number of ether oxygens (including phenoxy) is 1. The molecular weight excluding hydrogens is 483 g/mol. The molecule has 1 aliphatic carbocycles. The van der Waals surface area contributed by atoms with Gasteiger partial charge in [0, 0.05) is 36.6 Å². The molecule has 1 amide bonds. The van der Waals surface area contributed by atoms with Crippen molar-refractivity contribution in [2.45, 2.75) is 57.8 Å². The van der Waals surface area contributed by atoms with Crippen LogP contribution in [0.5, 0.6) is 0 Å². The number of aryl methyl sites for hydroxylation is 1. The quantitative estimate of drug-likeness (QED) is 0.437. The van der Waals surface area contributed by atoms with Gasteiger partial charge in [0.25, 0.3) is 5.91 Å². The number of benzene rings is 1. The molecule has 184 valence electrons. The highest BCUT2D eigenvalue weighted by Gasteiger charge is 2.27. The van der Waals surface area contributed by atoms with Crippen molar-refractivity contribution in [2.24, 2.45) is 0 Å².